The fourth-order valence-electron chi connectivity index (χ4n) is 7.97. The highest BCUT2D eigenvalue weighted by Crippen LogP contribution is 2.63. The van der Waals surface area contributed by atoms with Crippen molar-refractivity contribution in [1.82, 2.24) is 4.98 Å². The van der Waals surface area contributed by atoms with Crippen molar-refractivity contribution >= 4 is 35.9 Å². The Morgan fingerprint density at radius 1 is 1.28 bits per heavy atom. The lowest BCUT2D eigenvalue weighted by molar-refractivity contribution is -0.116. The Kier molecular flexibility index (Phi) is 9.14. The van der Waals surface area contributed by atoms with Gasteiger partial charge in [0.15, 0.2) is 11.9 Å². The number of aromatic nitrogens is 1. The van der Waals surface area contributed by atoms with Crippen molar-refractivity contribution in [2.45, 2.75) is 90.9 Å². The Labute approximate surface area is 257 Å². The van der Waals surface area contributed by atoms with E-state index in [1.165, 1.54) is 22.5 Å². The number of nitrogens with one attached hydrogen (secondary N) is 1. The number of amides is 1. The van der Waals surface area contributed by atoms with E-state index in [9.17, 15) is 9.36 Å². The monoisotopic (exact) mass is 633 g/mol. The summed E-state index contributed by atoms with van der Waals surface area (Å²) >= 11 is 1.49. The summed E-state index contributed by atoms with van der Waals surface area (Å²) in [5, 5.41) is 8.16. The Hall–Kier alpha value is -2.30. The first-order valence-corrected chi connectivity index (χ1v) is 17.4. The molecule has 5 rings (SSSR count). The molecule has 1 heterocycles. The van der Waals surface area contributed by atoms with Gasteiger partial charge in [-0.25, -0.2) is 14.1 Å². The van der Waals surface area contributed by atoms with E-state index in [-0.39, 0.29) is 16.7 Å². The first-order valence-electron chi connectivity index (χ1n) is 15.0. The van der Waals surface area contributed by atoms with Crippen molar-refractivity contribution in [2.24, 2.45) is 28.3 Å². The van der Waals surface area contributed by atoms with E-state index in [4.69, 9.17) is 19.4 Å². The molecule has 1 amide bonds. The Morgan fingerprint density at radius 3 is 2.70 bits per heavy atom. The SMILES string of the molecule is CO/N=C1\C[C@@H](CCC(=O)Nc2ncc(C)s2)C2C3CCc4cc(OCOP(=O)(O)O)c(C(C)(C)C)cc4C3CC[C@]12C. The maximum atomic E-state index is 12.9. The summed E-state index contributed by atoms with van der Waals surface area (Å²) in [5.41, 5.74) is 4.36. The zero-order valence-corrected chi connectivity index (χ0v) is 27.6. The fourth-order valence-corrected chi connectivity index (χ4v) is 8.84. The molecular weight excluding hydrogens is 589 g/mol. The zero-order chi connectivity index (χ0) is 31.2. The number of oxime groups is 1. The number of anilines is 1. The number of nitrogens with zero attached hydrogens (tertiary/aromatic N) is 2. The molecular formula is C31H44N3O7PS. The van der Waals surface area contributed by atoms with E-state index in [0.29, 0.717) is 41.0 Å². The number of carbonyl (C=O) groups is 1. The minimum absolute atomic E-state index is 0.000360. The number of fused-ring (bicyclic) bond motifs is 5. The van der Waals surface area contributed by atoms with Crippen LogP contribution in [0.25, 0.3) is 0 Å². The third-order valence-corrected chi connectivity index (χ3v) is 11.0. The zero-order valence-electron chi connectivity index (χ0n) is 25.9. The third kappa shape index (κ3) is 6.86. The van der Waals surface area contributed by atoms with Gasteiger partial charge >= 0.3 is 7.82 Å². The number of hydrogen-bond acceptors (Lipinski definition) is 8. The second-order valence-electron chi connectivity index (χ2n) is 13.5. The van der Waals surface area contributed by atoms with Crippen LogP contribution in [-0.4, -0.2) is 40.3 Å². The van der Waals surface area contributed by atoms with E-state index >= 15 is 0 Å². The van der Waals surface area contributed by atoms with Crippen LogP contribution in [0.4, 0.5) is 5.13 Å². The van der Waals surface area contributed by atoms with Crippen LogP contribution in [0.15, 0.2) is 23.5 Å². The number of phosphoric ester groups is 1. The van der Waals surface area contributed by atoms with Crippen molar-refractivity contribution in [2.75, 3.05) is 19.2 Å². The Balaban J connectivity index is 1.41. The molecule has 0 bridgehead atoms. The smallest absolute Gasteiger partial charge is 0.467 e. The quantitative estimate of drug-likeness (QED) is 0.158. The molecule has 3 N–H and O–H groups in total. The van der Waals surface area contributed by atoms with Crippen molar-refractivity contribution in [3.63, 3.8) is 0 Å². The van der Waals surface area contributed by atoms with Gasteiger partial charge in [0.1, 0.15) is 12.9 Å². The third-order valence-electron chi connectivity index (χ3n) is 9.75. The number of ether oxygens (including phenoxy) is 1. The molecule has 12 heteroatoms. The molecule has 1 aromatic heterocycles. The van der Waals surface area contributed by atoms with Gasteiger partial charge in [-0.2, -0.15) is 0 Å². The lowest BCUT2D eigenvalue weighted by Crippen LogP contribution is -2.44. The summed E-state index contributed by atoms with van der Waals surface area (Å²) in [6.07, 6.45) is 7.79. The predicted molar refractivity (Wildman–Crippen MR) is 166 cm³/mol. The van der Waals surface area contributed by atoms with Crippen LogP contribution in [0.1, 0.15) is 93.7 Å². The van der Waals surface area contributed by atoms with Crippen LogP contribution in [0, 0.1) is 30.1 Å². The molecule has 0 saturated heterocycles. The normalized spacial score (nSPS) is 27.8. The van der Waals surface area contributed by atoms with Gasteiger partial charge in [-0.3, -0.25) is 4.79 Å². The minimum Gasteiger partial charge on any atom is -0.467 e. The lowest BCUT2D eigenvalue weighted by atomic mass is 9.53. The van der Waals surface area contributed by atoms with E-state index in [1.54, 1.807) is 13.3 Å². The van der Waals surface area contributed by atoms with E-state index in [2.05, 4.69) is 59.8 Å². The topological polar surface area (TPSA) is 140 Å². The summed E-state index contributed by atoms with van der Waals surface area (Å²) in [6.45, 7) is 10.1. The van der Waals surface area contributed by atoms with Gasteiger partial charge in [-0.1, -0.05) is 38.9 Å². The second-order valence-corrected chi connectivity index (χ2v) is 16.0. The summed E-state index contributed by atoms with van der Waals surface area (Å²) in [6, 6.07) is 4.32. The molecule has 10 nitrogen and oxygen atoms in total. The van der Waals surface area contributed by atoms with Crippen LogP contribution < -0.4 is 10.1 Å². The fraction of sp³-hybridized carbons (Fsp3) is 0.645. The van der Waals surface area contributed by atoms with E-state index in [1.807, 2.05) is 6.92 Å². The van der Waals surface area contributed by atoms with Gasteiger partial charge in [0.2, 0.25) is 5.91 Å². The molecule has 0 radical (unpaired) electrons. The van der Waals surface area contributed by atoms with Crippen LogP contribution >= 0.6 is 19.2 Å². The van der Waals surface area contributed by atoms with Crippen molar-refractivity contribution in [3.8, 4) is 5.75 Å². The van der Waals surface area contributed by atoms with E-state index in [0.717, 1.165) is 54.7 Å². The summed E-state index contributed by atoms with van der Waals surface area (Å²) < 4.78 is 21.6. The highest BCUT2D eigenvalue weighted by molar-refractivity contribution is 7.46. The number of hydrogen-bond donors (Lipinski definition) is 3. The van der Waals surface area contributed by atoms with Gasteiger partial charge in [0.05, 0.1) is 5.71 Å². The first-order chi connectivity index (χ1) is 20.2. The molecule has 1 aromatic carbocycles. The molecule has 3 aliphatic carbocycles. The van der Waals surface area contributed by atoms with Crippen molar-refractivity contribution in [1.29, 1.82) is 0 Å². The van der Waals surface area contributed by atoms with Gasteiger partial charge in [-0.05, 0) is 97.3 Å². The van der Waals surface area contributed by atoms with Crippen LogP contribution in [0.2, 0.25) is 0 Å². The average molecular weight is 634 g/mol. The van der Waals surface area contributed by atoms with Gasteiger partial charge in [0, 0.05) is 22.9 Å². The number of carbonyl (C=O) groups excluding carboxylic acids is 1. The van der Waals surface area contributed by atoms with E-state index < -0.39 is 14.6 Å². The molecule has 2 fully saturated rings. The number of thiazole rings is 1. The van der Waals surface area contributed by atoms with Crippen LogP contribution in [0.3, 0.4) is 0 Å². The molecule has 0 spiro atoms. The molecule has 3 unspecified atom stereocenters. The lowest BCUT2D eigenvalue weighted by Gasteiger charge is -2.50. The van der Waals surface area contributed by atoms with Crippen LogP contribution in [0.5, 0.6) is 5.75 Å². The highest BCUT2D eigenvalue weighted by atomic mass is 32.1. The molecule has 5 atom stereocenters. The summed E-state index contributed by atoms with van der Waals surface area (Å²) in [7, 11) is -3.02. The van der Waals surface area contributed by atoms with Crippen LogP contribution in [-0.2, 0) is 30.6 Å². The summed E-state index contributed by atoms with van der Waals surface area (Å²) in [4.78, 5) is 41.8. The van der Waals surface area contributed by atoms with Gasteiger partial charge < -0.3 is 24.7 Å². The number of phosphoric acid groups is 1. The number of rotatable bonds is 9. The average Bonchev–Trinajstić information content (AvgIpc) is 3.45. The summed E-state index contributed by atoms with van der Waals surface area (Å²) in [5.74, 6) is 2.14. The molecule has 2 saturated carbocycles. The standard InChI is InChI=1S/C31H44N3O7PS/c1-18-16-32-29(43-18)33-27(35)10-8-20-14-26(34-39-6)31(5)12-11-21-22(28(20)31)9-7-19-13-25(40-17-41-42(36,37)38)24(15-23(19)21)30(2,3)4/h13,15-16,20-22,28H,7-12,14,17H2,1-6H3,(H,32,33,35)(H2,36,37,38)/b34-26+/t20-,21?,22?,28?,31-/m1/s1. The molecule has 0 aliphatic heterocycles. The van der Waals surface area contributed by atoms with Gasteiger partial charge in [0.25, 0.3) is 0 Å². The Bertz CT molecular complexity index is 1430. The maximum absolute atomic E-state index is 12.9. The Morgan fingerprint density at radius 2 is 2.05 bits per heavy atom. The minimum atomic E-state index is -4.63. The molecule has 236 valence electrons. The number of aryl methyl sites for hydroxylation is 2. The van der Waals surface area contributed by atoms with Crippen molar-refractivity contribution < 1.29 is 33.2 Å². The first kappa shape index (κ1) is 32.1. The van der Waals surface area contributed by atoms with Gasteiger partial charge in [-0.15, -0.1) is 11.3 Å². The predicted octanol–water partition coefficient (Wildman–Crippen LogP) is 6.70. The highest BCUT2D eigenvalue weighted by Gasteiger charge is 2.57. The maximum Gasteiger partial charge on any atom is 0.472 e. The second kappa shape index (κ2) is 12.2. The largest absolute Gasteiger partial charge is 0.472 e. The molecule has 3 aliphatic rings. The molecule has 2 aromatic rings. The van der Waals surface area contributed by atoms with Crippen molar-refractivity contribution in [3.05, 3.63) is 39.9 Å². The number of benzene rings is 1. The molecule has 43 heavy (non-hydrogen) atoms.